The Morgan fingerprint density at radius 1 is 1.31 bits per heavy atom. The molecule has 1 aliphatic carbocycles. The molecule has 1 saturated heterocycles. The number of hydrogen-bond donors (Lipinski definition) is 5. The highest BCUT2D eigenvalue weighted by molar-refractivity contribution is 5.84. The number of methoxy groups -OCH3 is 1. The molecule has 0 aromatic carbocycles. The summed E-state index contributed by atoms with van der Waals surface area (Å²) >= 11 is 0. The summed E-state index contributed by atoms with van der Waals surface area (Å²) in [6, 6.07) is -1.24. The molecule has 2 rings (SSSR count). The van der Waals surface area contributed by atoms with Crippen LogP contribution in [0.25, 0.3) is 0 Å². The molecule has 7 N–H and O–H groups in total. The summed E-state index contributed by atoms with van der Waals surface area (Å²) in [5.74, 6) is -0.942. The first-order valence-electron chi connectivity index (χ1n) is 10.8. The van der Waals surface area contributed by atoms with E-state index in [-0.39, 0.29) is 18.1 Å². The summed E-state index contributed by atoms with van der Waals surface area (Å²) in [6.45, 7) is 5.87. The molecule has 0 bridgehead atoms. The van der Waals surface area contributed by atoms with Gasteiger partial charge in [-0.2, -0.15) is 0 Å². The van der Waals surface area contributed by atoms with Crippen LogP contribution in [0, 0.1) is 5.92 Å². The van der Waals surface area contributed by atoms with Gasteiger partial charge in [-0.3, -0.25) is 4.79 Å². The predicted molar refractivity (Wildman–Crippen MR) is 120 cm³/mol. The van der Waals surface area contributed by atoms with Crippen molar-refractivity contribution in [3.8, 4) is 0 Å². The highest BCUT2D eigenvalue weighted by Crippen LogP contribution is 2.50. The summed E-state index contributed by atoms with van der Waals surface area (Å²) in [7, 11) is 3.07. The molecule has 2 aliphatic rings. The number of ether oxygens (including phenoxy) is 3. The lowest BCUT2D eigenvalue weighted by molar-refractivity contribution is -0.122. The Bertz CT molecular complexity index is 689. The third-order valence-corrected chi connectivity index (χ3v) is 5.87. The summed E-state index contributed by atoms with van der Waals surface area (Å²) in [4.78, 5) is 23.8. The summed E-state index contributed by atoms with van der Waals surface area (Å²) in [6.07, 6.45) is 3.00. The molecule has 0 radical (unpaired) electrons. The van der Waals surface area contributed by atoms with E-state index in [0.717, 1.165) is 11.1 Å². The molecule has 184 valence electrons. The van der Waals surface area contributed by atoms with Gasteiger partial charge in [0, 0.05) is 13.0 Å². The number of epoxide rings is 1. The maximum Gasteiger partial charge on any atom is 0.408 e. The van der Waals surface area contributed by atoms with E-state index in [9.17, 15) is 14.7 Å². The zero-order valence-electron chi connectivity index (χ0n) is 19.7. The quantitative estimate of drug-likeness (QED) is 0.244. The van der Waals surface area contributed by atoms with Crippen LogP contribution in [-0.4, -0.2) is 79.5 Å². The molecule has 2 amide bonds. The normalized spacial score (nSPS) is 29.4. The number of alkyl carbamates (subject to hydrolysis) is 1. The minimum atomic E-state index is -1.24. The Labute approximate surface area is 189 Å². The molecule has 1 spiro atoms. The third-order valence-electron chi connectivity index (χ3n) is 5.87. The standard InChI is InChI=1S/C21H34N2O7.CH5N/c1-12(10-24)6-5-7-13(2)16-18(28-4)15(8-9-21(16)11-29-21)30-20(27)23-17(14(3)25)19(22)26;1-2/h6-7,14-18,24-25H,5,8-11H2,1-4H3,(H2,22,26)(H,23,27);2H2,1H3/b12-6+,13-7+;/t14?,15-,16?,17-,18-,21+;/m1./s1. The maximum absolute atomic E-state index is 12.3. The van der Waals surface area contributed by atoms with Gasteiger partial charge in [-0.1, -0.05) is 23.3 Å². The fraction of sp³-hybridized carbons (Fsp3) is 0.727. The lowest BCUT2D eigenvalue weighted by atomic mass is 9.72. The lowest BCUT2D eigenvalue weighted by Gasteiger charge is -2.41. The highest BCUT2D eigenvalue weighted by Gasteiger charge is 2.59. The van der Waals surface area contributed by atoms with Crippen LogP contribution in [0.4, 0.5) is 4.79 Å². The Morgan fingerprint density at radius 3 is 2.41 bits per heavy atom. The van der Waals surface area contributed by atoms with Gasteiger partial charge in [-0.05, 0) is 47.1 Å². The molecule has 6 atom stereocenters. The van der Waals surface area contributed by atoms with Gasteiger partial charge < -0.3 is 41.2 Å². The zero-order valence-corrected chi connectivity index (χ0v) is 19.7. The second-order valence-electron chi connectivity index (χ2n) is 8.17. The van der Waals surface area contributed by atoms with Crippen LogP contribution in [0.1, 0.15) is 40.0 Å². The Hall–Kier alpha value is -1.98. The maximum atomic E-state index is 12.3. The number of carbonyl (C=O) groups is 2. The number of aliphatic hydroxyl groups is 2. The lowest BCUT2D eigenvalue weighted by Crippen LogP contribution is -2.54. The van der Waals surface area contributed by atoms with Crippen molar-refractivity contribution in [2.45, 2.75) is 70.0 Å². The number of nitrogens with one attached hydrogen (secondary N) is 1. The summed E-state index contributed by atoms with van der Waals surface area (Å²) in [5.41, 5.74) is 11.4. The first-order valence-corrected chi connectivity index (χ1v) is 10.8. The average molecular weight is 458 g/mol. The molecule has 0 aromatic heterocycles. The number of carbonyl (C=O) groups excluding carboxylic acids is 2. The van der Waals surface area contributed by atoms with E-state index in [1.54, 1.807) is 7.11 Å². The highest BCUT2D eigenvalue weighted by atomic mass is 16.6. The van der Waals surface area contributed by atoms with Crippen LogP contribution in [0.5, 0.6) is 0 Å². The summed E-state index contributed by atoms with van der Waals surface area (Å²) in [5, 5.41) is 21.1. The molecule has 1 heterocycles. The van der Waals surface area contributed by atoms with Gasteiger partial charge in [0.25, 0.3) is 0 Å². The van der Waals surface area contributed by atoms with Crippen LogP contribution < -0.4 is 16.8 Å². The number of hydrogen-bond acceptors (Lipinski definition) is 8. The number of nitrogens with two attached hydrogens (primary N) is 2. The van der Waals surface area contributed by atoms with E-state index >= 15 is 0 Å². The smallest absolute Gasteiger partial charge is 0.408 e. The second-order valence-corrected chi connectivity index (χ2v) is 8.17. The number of allylic oxidation sites excluding steroid dienone is 2. The average Bonchev–Trinajstić information content (AvgIpc) is 3.53. The SMILES string of the molecule is CN.CO[C@H]1C(/C(C)=C/C/C=C(\C)CO)[C@]2(CC[C@H]1OC(=O)N[C@@H](C(N)=O)C(C)O)CO2. The van der Waals surface area contributed by atoms with Gasteiger partial charge in [0.15, 0.2) is 0 Å². The van der Waals surface area contributed by atoms with Crippen LogP contribution in [0.3, 0.4) is 0 Å². The molecule has 1 aliphatic heterocycles. The van der Waals surface area contributed by atoms with E-state index < -0.39 is 36.4 Å². The molecular weight excluding hydrogens is 418 g/mol. The number of amides is 2. The van der Waals surface area contributed by atoms with E-state index in [2.05, 4.69) is 17.1 Å². The van der Waals surface area contributed by atoms with Crippen molar-refractivity contribution in [2.24, 2.45) is 17.4 Å². The van der Waals surface area contributed by atoms with Crippen molar-refractivity contribution in [2.75, 3.05) is 27.4 Å². The van der Waals surface area contributed by atoms with Crippen molar-refractivity contribution in [3.63, 3.8) is 0 Å². The van der Waals surface area contributed by atoms with E-state index in [4.69, 9.17) is 25.1 Å². The van der Waals surface area contributed by atoms with Gasteiger partial charge in [0.05, 0.1) is 19.3 Å². The number of rotatable bonds is 9. The Balaban J connectivity index is 0.00000249. The molecule has 10 nitrogen and oxygen atoms in total. The van der Waals surface area contributed by atoms with Crippen molar-refractivity contribution in [1.82, 2.24) is 5.32 Å². The van der Waals surface area contributed by atoms with Gasteiger partial charge in [0.2, 0.25) is 5.91 Å². The van der Waals surface area contributed by atoms with Crippen LogP contribution in [0.15, 0.2) is 23.3 Å². The molecule has 0 aromatic rings. The molecule has 1 saturated carbocycles. The van der Waals surface area contributed by atoms with Crippen molar-refractivity contribution >= 4 is 12.0 Å². The first-order chi connectivity index (χ1) is 15.1. The number of primary amides is 1. The summed E-state index contributed by atoms with van der Waals surface area (Å²) < 4.78 is 17.1. The fourth-order valence-corrected chi connectivity index (χ4v) is 4.09. The van der Waals surface area contributed by atoms with E-state index in [1.807, 2.05) is 19.9 Å². The van der Waals surface area contributed by atoms with Gasteiger partial charge >= 0.3 is 6.09 Å². The minimum absolute atomic E-state index is 0.0217. The van der Waals surface area contributed by atoms with E-state index in [0.29, 0.717) is 25.9 Å². The molecular formula is C22H39N3O7. The van der Waals surface area contributed by atoms with Crippen molar-refractivity contribution in [1.29, 1.82) is 0 Å². The minimum Gasteiger partial charge on any atom is -0.443 e. The predicted octanol–water partition coefficient (Wildman–Crippen LogP) is 0.360. The van der Waals surface area contributed by atoms with Crippen LogP contribution in [0.2, 0.25) is 0 Å². The second kappa shape index (κ2) is 12.9. The third kappa shape index (κ3) is 7.28. The Morgan fingerprint density at radius 2 is 1.94 bits per heavy atom. The molecule has 2 unspecified atom stereocenters. The van der Waals surface area contributed by atoms with Gasteiger partial charge in [-0.25, -0.2) is 4.79 Å². The first kappa shape index (κ1) is 28.1. The fourth-order valence-electron chi connectivity index (χ4n) is 4.09. The van der Waals surface area contributed by atoms with Gasteiger partial charge in [0.1, 0.15) is 23.9 Å². The van der Waals surface area contributed by atoms with Crippen LogP contribution >= 0.6 is 0 Å². The number of aliphatic hydroxyl groups excluding tert-OH is 2. The molecule has 2 fully saturated rings. The molecule has 10 heteroatoms. The molecule has 32 heavy (non-hydrogen) atoms. The van der Waals surface area contributed by atoms with Crippen LogP contribution in [-0.2, 0) is 19.0 Å². The van der Waals surface area contributed by atoms with Gasteiger partial charge in [-0.15, -0.1) is 0 Å². The Kier molecular flexibility index (Phi) is 11.3. The zero-order chi connectivity index (χ0) is 24.5. The van der Waals surface area contributed by atoms with Crippen molar-refractivity contribution in [3.05, 3.63) is 23.3 Å². The van der Waals surface area contributed by atoms with E-state index in [1.165, 1.54) is 14.0 Å². The monoisotopic (exact) mass is 457 g/mol. The topological polar surface area (TPSA) is 170 Å². The largest absolute Gasteiger partial charge is 0.443 e. The van der Waals surface area contributed by atoms with Crippen molar-refractivity contribution < 1.29 is 34.0 Å².